The van der Waals surface area contributed by atoms with Gasteiger partial charge in [0.2, 0.25) is 11.8 Å². The summed E-state index contributed by atoms with van der Waals surface area (Å²) in [6.07, 6.45) is 1.91. The zero-order valence-corrected chi connectivity index (χ0v) is 11.6. The Morgan fingerprint density at radius 3 is 2.21 bits per heavy atom. The highest BCUT2D eigenvalue weighted by Gasteiger charge is 2.48. The minimum absolute atomic E-state index is 0.00795. The van der Waals surface area contributed by atoms with Crippen LogP contribution in [0.15, 0.2) is 5.16 Å². The summed E-state index contributed by atoms with van der Waals surface area (Å²) in [7, 11) is 0. The molecule has 5 N–H and O–H groups in total. The molecule has 1 rings (SSSR count). The number of hydrogen-bond acceptors (Lipinski definition) is 4. The molecule has 7 nitrogen and oxygen atoms in total. The predicted octanol–water partition coefficient (Wildman–Crippen LogP) is -0.0676. The number of amides is 2. The van der Waals surface area contributed by atoms with Crippen molar-refractivity contribution in [3.63, 3.8) is 0 Å². The van der Waals surface area contributed by atoms with E-state index in [0.29, 0.717) is 12.8 Å². The summed E-state index contributed by atoms with van der Waals surface area (Å²) < 4.78 is 0. The Morgan fingerprint density at radius 2 is 1.84 bits per heavy atom. The maximum atomic E-state index is 12.2. The molecule has 1 atom stereocenters. The number of nitrogens with zero attached hydrogens (tertiary/aromatic N) is 1. The maximum absolute atomic E-state index is 12.2. The highest BCUT2D eigenvalue weighted by Crippen LogP contribution is 2.41. The molecule has 0 heterocycles. The van der Waals surface area contributed by atoms with E-state index in [1.807, 2.05) is 13.8 Å². The first kappa shape index (κ1) is 15.3. The number of nitrogens with two attached hydrogens (primary N) is 1. The smallest absolute Gasteiger partial charge is 0.242 e. The minimum atomic E-state index is -0.957. The van der Waals surface area contributed by atoms with E-state index in [0.717, 1.165) is 6.42 Å². The summed E-state index contributed by atoms with van der Waals surface area (Å²) in [6, 6.07) is -0.646. The van der Waals surface area contributed by atoms with Gasteiger partial charge in [-0.3, -0.25) is 9.59 Å². The summed E-state index contributed by atoms with van der Waals surface area (Å²) in [5.74, 6) is -0.703. The van der Waals surface area contributed by atoms with Crippen molar-refractivity contribution < 1.29 is 14.8 Å². The molecule has 108 valence electrons. The van der Waals surface area contributed by atoms with E-state index in [2.05, 4.69) is 15.8 Å². The molecule has 1 aliphatic rings. The molecule has 1 saturated carbocycles. The zero-order chi connectivity index (χ0) is 14.6. The van der Waals surface area contributed by atoms with Crippen LogP contribution in [0.1, 0.15) is 40.0 Å². The Balaban J connectivity index is 2.66. The van der Waals surface area contributed by atoms with E-state index in [4.69, 9.17) is 10.9 Å². The van der Waals surface area contributed by atoms with Crippen molar-refractivity contribution in [2.75, 3.05) is 0 Å². The molecule has 0 radical (unpaired) electrons. The third kappa shape index (κ3) is 3.15. The van der Waals surface area contributed by atoms with Gasteiger partial charge in [0.05, 0.1) is 0 Å². The molecule has 7 heteroatoms. The molecule has 2 amide bonds. The highest BCUT2D eigenvalue weighted by atomic mass is 16.4. The van der Waals surface area contributed by atoms with Crippen LogP contribution in [0.25, 0.3) is 0 Å². The molecule has 1 unspecified atom stereocenters. The van der Waals surface area contributed by atoms with Gasteiger partial charge in [0.15, 0.2) is 5.84 Å². The second-order valence-electron chi connectivity index (χ2n) is 5.28. The van der Waals surface area contributed by atoms with Gasteiger partial charge in [-0.1, -0.05) is 11.6 Å². The molecule has 0 aromatic carbocycles. The lowest BCUT2D eigenvalue weighted by atomic mass is 9.67. The fourth-order valence-corrected chi connectivity index (χ4v) is 2.04. The molecule has 0 spiro atoms. The minimum Gasteiger partial charge on any atom is -0.409 e. The highest BCUT2D eigenvalue weighted by molar-refractivity contribution is 6.08. The third-order valence-electron chi connectivity index (χ3n) is 3.41. The van der Waals surface area contributed by atoms with Gasteiger partial charge in [-0.25, -0.2) is 0 Å². The fraction of sp³-hybridized carbons (Fsp3) is 0.750. The van der Waals surface area contributed by atoms with Crippen LogP contribution in [0.3, 0.4) is 0 Å². The summed E-state index contributed by atoms with van der Waals surface area (Å²) in [5.41, 5.74) is 4.63. The number of nitrogens with one attached hydrogen (secondary N) is 2. The second-order valence-corrected chi connectivity index (χ2v) is 5.28. The number of oxime groups is 1. The van der Waals surface area contributed by atoms with E-state index in [1.165, 1.54) is 0 Å². The Bertz CT molecular complexity index is 388. The van der Waals surface area contributed by atoms with E-state index in [1.54, 1.807) is 6.92 Å². The van der Waals surface area contributed by atoms with Crippen LogP contribution in [-0.2, 0) is 9.59 Å². The van der Waals surface area contributed by atoms with Crippen LogP contribution in [0.5, 0.6) is 0 Å². The largest absolute Gasteiger partial charge is 0.409 e. The van der Waals surface area contributed by atoms with Crippen LogP contribution in [-0.4, -0.2) is 34.9 Å². The van der Waals surface area contributed by atoms with Gasteiger partial charge in [0.1, 0.15) is 11.5 Å². The molecule has 0 saturated heterocycles. The predicted molar refractivity (Wildman–Crippen MR) is 70.6 cm³/mol. The lowest BCUT2D eigenvalue weighted by Gasteiger charge is -2.39. The summed E-state index contributed by atoms with van der Waals surface area (Å²) in [4.78, 5) is 23.9. The summed E-state index contributed by atoms with van der Waals surface area (Å²) >= 11 is 0. The van der Waals surface area contributed by atoms with Crippen LogP contribution in [0.2, 0.25) is 0 Å². The first-order chi connectivity index (χ1) is 8.83. The van der Waals surface area contributed by atoms with Crippen molar-refractivity contribution in [2.24, 2.45) is 16.3 Å². The number of carbonyl (C=O) groups is 2. The Morgan fingerprint density at radius 1 is 1.26 bits per heavy atom. The Hall–Kier alpha value is -1.79. The molecule has 0 aromatic rings. The van der Waals surface area contributed by atoms with Crippen molar-refractivity contribution in [3.05, 3.63) is 0 Å². The fourth-order valence-electron chi connectivity index (χ4n) is 2.04. The Kier molecular flexibility index (Phi) is 4.74. The van der Waals surface area contributed by atoms with Crippen molar-refractivity contribution in [2.45, 2.75) is 52.1 Å². The monoisotopic (exact) mass is 270 g/mol. The van der Waals surface area contributed by atoms with Gasteiger partial charge in [0.25, 0.3) is 0 Å². The third-order valence-corrected chi connectivity index (χ3v) is 3.41. The molecule has 0 bridgehead atoms. The normalized spacial score (nSPS) is 19.5. The number of amidine groups is 1. The molecular weight excluding hydrogens is 248 g/mol. The lowest BCUT2D eigenvalue weighted by Crippen LogP contribution is -2.57. The standard InChI is InChI=1S/C12H22N4O3/c1-7(2)14-9(17)8(3)15-11(18)12(5-4-6-12)10(13)16-19/h7-8,19H,4-6H2,1-3H3,(H2,13,16)(H,14,17)(H,15,18). The van der Waals surface area contributed by atoms with Gasteiger partial charge in [0, 0.05) is 6.04 Å². The van der Waals surface area contributed by atoms with E-state index >= 15 is 0 Å². The van der Waals surface area contributed by atoms with Crippen molar-refractivity contribution >= 4 is 17.6 Å². The molecule has 19 heavy (non-hydrogen) atoms. The maximum Gasteiger partial charge on any atom is 0.242 e. The summed E-state index contributed by atoms with van der Waals surface area (Å²) in [5, 5.41) is 17.0. The molecule has 0 aliphatic heterocycles. The quantitative estimate of drug-likeness (QED) is 0.242. The van der Waals surface area contributed by atoms with Gasteiger partial charge < -0.3 is 21.6 Å². The van der Waals surface area contributed by atoms with Crippen molar-refractivity contribution in [1.82, 2.24) is 10.6 Å². The van der Waals surface area contributed by atoms with Crippen LogP contribution >= 0.6 is 0 Å². The van der Waals surface area contributed by atoms with Gasteiger partial charge >= 0.3 is 0 Å². The topological polar surface area (TPSA) is 117 Å². The average molecular weight is 270 g/mol. The van der Waals surface area contributed by atoms with E-state index in [-0.39, 0.29) is 23.7 Å². The first-order valence-corrected chi connectivity index (χ1v) is 6.43. The molecule has 0 aromatic heterocycles. The molecule has 1 aliphatic carbocycles. The zero-order valence-electron chi connectivity index (χ0n) is 11.6. The van der Waals surface area contributed by atoms with Crippen LogP contribution < -0.4 is 16.4 Å². The molecule has 1 fully saturated rings. The number of rotatable bonds is 5. The SMILES string of the molecule is CC(C)NC(=O)C(C)NC(=O)C1(C(N)=NO)CCC1. The van der Waals surface area contributed by atoms with E-state index in [9.17, 15) is 9.59 Å². The van der Waals surface area contributed by atoms with E-state index < -0.39 is 11.5 Å². The Labute approximate surface area is 112 Å². The summed E-state index contributed by atoms with van der Waals surface area (Å²) in [6.45, 7) is 5.29. The van der Waals surface area contributed by atoms with Gasteiger partial charge in [-0.15, -0.1) is 0 Å². The first-order valence-electron chi connectivity index (χ1n) is 6.43. The molecular formula is C12H22N4O3. The van der Waals surface area contributed by atoms with Gasteiger partial charge in [-0.2, -0.15) is 0 Å². The lowest BCUT2D eigenvalue weighted by molar-refractivity contribution is -0.135. The van der Waals surface area contributed by atoms with Crippen molar-refractivity contribution in [3.8, 4) is 0 Å². The van der Waals surface area contributed by atoms with Crippen LogP contribution in [0, 0.1) is 5.41 Å². The number of carbonyl (C=O) groups excluding carboxylic acids is 2. The van der Waals surface area contributed by atoms with Crippen molar-refractivity contribution in [1.29, 1.82) is 0 Å². The van der Waals surface area contributed by atoms with Gasteiger partial charge in [-0.05, 0) is 33.6 Å². The average Bonchev–Trinajstić information content (AvgIpc) is 2.25. The number of hydrogen-bond donors (Lipinski definition) is 4. The van der Waals surface area contributed by atoms with Crippen LogP contribution in [0.4, 0.5) is 0 Å². The second kappa shape index (κ2) is 5.90.